The Bertz CT molecular complexity index is 216. The number of fused-ring (bicyclic) bond motifs is 1. The number of piperidine rings is 1. The third-order valence-electron chi connectivity index (χ3n) is 3.74. The molecule has 0 spiro atoms. The van der Waals surface area contributed by atoms with Crippen LogP contribution >= 0.6 is 0 Å². The number of hydrogen-bond acceptors (Lipinski definition) is 2. The Kier molecular flexibility index (Phi) is 1.37. The quantitative estimate of drug-likeness (QED) is 0.579. The van der Waals surface area contributed by atoms with Crippen molar-refractivity contribution >= 4 is 5.78 Å². The third-order valence-corrected chi connectivity index (χ3v) is 3.74. The third kappa shape index (κ3) is 1.01. The lowest BCUT2D eigenvalue weighted by Crippen LogP contribution is -2.32. The van der Waals surface area contributed by atoms with Crippen LogP contribution in [-0.4, -0.2) is 29.8 Å². The molecule has 3 aliphatic rings. The van der Waals surface area contributed by atoms with E-state index < -0.39 is 0 Å². The van der Waals surface area contributed by atoms with Crippen molar-refractivity contribution in [2.24, 2.45) is 11.8 Å². The van der Waals surface area contributed by atoms with Crippen LogP contribution in [0.1, 0.15) is 25.7 Å². The molecule has 1 saturated heterocycles. The summed E-state index contributed by atoms with van der Waals surface area (Å²) in [5, 5.41) is 0. The Morgan fingerprint density at radius 1 is 1.25 bits per heavy atom. The largest absolute Gasteiger partial charge is 0.300 e. The average molecular weight is 165 g/mol. The summed E-state index contributed by atoms with van der Waals surface area (Å²) >= 11 is 0. The zero-order valence-corrected chi connectivity index (χ0v) is 7.33. The molecule has 2 aliphatic carbocycles. The van der Waals surface area contributed by atoms with E-state index in [4.69, 9.17) is 0 Å². The van der Waals surface area contributed by atoms with E-state index in [1.807, 2.05) is 0 Å². The molecule has 2 saturated carbocycles. The molecular formula is C10H15NO. The van der Waals surface area contributed by atoms with Gasteiger partial charge in [-0.25, -0.2) is 0 Å². The first-order valence-electron chi connectivity index (χ1n) is 5.08. The zero-order chi connectivity index (χ0) is 8.13. The Morgan fingerprint density at radius 3 is 2.58 bits per heavy atom. The van der Waals surface area contributed by atoms with Gasteiger partial charge in [-0.3, -0.25) is 9.69 Å². The molecular weight excluding hydrogens is 150 g/mol. The number of carbonyl (C=O) groups excluding carboxylic acids is 1. The number of hydrogen-bond donors (Lipinski definition) is 0. The first-order chi connectivity index (χ1) is 5.83. The van der Waals surface area contributed by atoms with E-state index in [1.54, 1.807) is 0 Å². The molecule has 0 aromatic carbocycles. The molecule has 3 unspecified atom stereocenters. The van der Waals surface area contributed by atoms with Crippen molar-refractivity contribution in [1.82, 2.24) is 4.90 Å². The van der Waals surface area contributed by atoms with Crippen molar-refractivity contribution in [3.8, 4) is 0 Å². The van der Waals surface area contributed by atoms with Crippen LogP contribution in [0.15, 0.2) is 0 Å². The highest BCUT2D eigenvalue weighted by molar-refractivity contribution is 5.81. The maximum absolute atomic E-state index is 11.1. The smallest absolute Gasteiger partial charge is 0.134 e. The fraction of sp³-hybridized carbons (Fsp3) is 0.900. The molecule has 0 amide bonds. The number of carbonyl (C=O) groups is 1. The van der Waals surface area contributed by atoms with Crippen LogP contribution in [0.5, 0.6) is 0 Å². The standard InChI is InChI=1S/C10H15NO/c12-10-2-1-9(4-10)11-5-7-3-8(7)6-11/h7-9H,1-6H2. The van der Waals surface area contributed by atoms with E-state index in [0.717, 1.165) is 31.1 Å². The minimum absolute atomic E-state index is 0.487. The lowest BCUT2D eigenvalue weighted by Gasteiger charge is -2.23. The maximum Gasteiger partial charge on any atom is 0.134 e. The van der Waals surface area contributed by atoms with Gasteiger partial charge in [0.15, 0.2) is 0 Å². The Hall–Kier alpha value is -0.370. The molecule has 0 radical (unpaired) electrons. The second-order valence-corrected chi connectivity index (χ2v) is 4.65. The van der Waals surface area contributed by atoms with Crippen molar-refractivity contribution in [3.63, 3.8) is 0 Å². The average Bonchev–Trinajstić information content (AvgIpc) is 2.49. The highest BCUT2D eigenvalue weighted by atomic mass is 16.1. The van der Waals surface area contributed by atoms with Gasteiger partial charge in [0.2, 0.25) is 0 Å². The van der Waals surface area contributed by atoms with Crippen molar-refractivity contribution < 1.29 is 4.79 Å². The fourth-order valence-corrected chi connectivity index (χ4v) is 2.84. The van der Waals surface area contributed by atoms with Crippen molar-refractivity contribution in [1.29, 1.82) is 0 Å². The van der Waals surface area contributed by atoms with E-state index in [9.17, 15) is 4.79 Å². The Labute approximate surface area is 72.9 Å². The van der Waals surface area contributed by atoms with Crippen molar-refractivity contribution in [3.05, 3.63) is 0 Å². The molecule has 0 bridgehead atoms. The van der Waals surface area contributed by atoms with Gasteiger partial charge in [-0.2, -0.15) is 0 Å². The number of likely N-dealkylation sites (tertiary alicyclic amines) is 1. The SMILES string of the molecule is O=C1CCC(N2CC3CC3C2)C1. The molecule has 12 heavy (non-hydrogen) atoms. The highest BCUT2D eigenvalue weighted by Crippen LogP contribution is 2.46. The first-order valence-corrected chi connectivity index (χ1v) is 5.08. The minimum atomic E-state index is 0.487. The highest BCUT2D eigenvalue weighted by Gasteiger charge is 2.47. The summed E-state index contributed by atoms with van der Waals surface area (Å²) in [5.41, 5.74) is 0. The molecule has 3 rings (SSSR count). The predicted octanol–water partition coefficient (Wildman–Crippen LogP) is 1.06. The molecule has 0 N–H and O–H groups in total. The van der Waals surface area contributed by atoms with Gasteiger partial charge in [-0.05, 0) is 24.7 Å². The van der Waals surface area contributed by atoms with Crippen molar-refractivity contribution in [2.75, 3.05) is 13.1 Å². The normalized spacial score (nSPS) is 46.7. The second kappa shape index (κ2) is 2.32. The minimum Gasteiger partial charge on any atom is -0.300 e. The zero-order valence-electron chi connectivity index (χ0n) is 7.33. The van der Waals surface area contributed by atoms with Crippen LogP contribution in [0.25, 0.3) is 0 Å². The van der Waals surface area contributed by atoms with Crippen LogP contribution in [0.2, 0.25) is 0 Å². The summed E-state index contributed by atoms with van der Waals surface area (Å²) < 4.78 is 0. The molecule has 0 aromatic rings. The van der Waals surface area contributed by atoms with Crippen molar-refractivity contribution in [2.45, 2.75) is 31.7 Å². The van der Waals surface area contributed by atoms with E-state index in [1.165, 1.54) is 19.5 Å². The van der Waals surface area contributed by atoms with E-state index in [0.29, 0.717) is 11.8 Å². The lowest BCUT2D eigenvalue weighted by molar-refractivity contribution is -0.117. The van der Waals surface area contributed by atoms with Gasteiger partial charge in [0.1, 0.15) is 5.78 Å². The van der Waals surface area contributed by atoms with Gasteiger partial charge in [0, 0.05) is 32.0 Å². The van der Waals surface area contributed by atoms with Gasteiger partial charge >= 0.3 is 0 Å². The number of rotatable bonds is 1. The van der Waals surface area contributed by atoms with Crippen LogP contribution in [-0.2, 0) is 4.79 Å². The number of nitrogens with zero attached hydrogens (tertiary/aromatic N) is 1. The summed E-state index contributed by atoms with van der Waals surface area (Å²) in [7, 11) is 0. The van der Waals surface area contributed by atoms with Gasteiger partial charge in [-0.15, -0.1) is 0 Å². The summed E-state index contributed by atoms with van der Waals surface area (Å²) in [4.78, 5) is 13.6. The van der Waals surface area contributed by atoms with E-state index in [2.05, 4.69) is 4.90 Å². The summed E-state index contributed by atoms with van der Waals surface area (Å²) in [6.45, 7) is 2.59. The Morgan fingerprint density at radius 2 is 2.00 bits per heavy atom. The second-order valence-electron chi connectivity index (χ2n) is 4.65. The maximum atomic E-state index is 11.1. The predicted molar refractivity (Wildman–Crippen MR) is 45.8 cm³/mol. The molecule has 0 aromatic heterocycles. The Balaban J connectivity index is 1.63. The van der Waals surface area contributed by atoms with Crippen LogP contribution in [0, 0.1) is 11.8 Å². The van der Waals surface area contributed by atoms with E-state index in [-0.39, 0.29) is 0 Å². The van der Waals surface area contributed by atoms with Gasteiger partial charge in [0.05, 0.1) is 0 Å². The van der Waals surface area contributed by atoms with Crippen LogP contribution in [0.4, 0.5) is 0 Å². The summed E-state index contributed by atoms with van der Waals surface area (Å²) in [6, 6.07) is 0.630. The molecule has 2 heteroatoms. The van der Waals surface area contributed by atoms with Gasteiger partial charge in [-0.1, -0.05) is 0 Å². The lowest BCUT2D eigenvalue weighted by atomic mass is 10.2. The molecule has 2 nitrogen and oxygen atoms in total. The summed E-state index contributed by atoms with van der Waals surface area (Å²) in [5.74, 6) is 2.52. The van der Waals surface area contributed by atoms with E-state index >= 15 is 0 Å². The molecule has 3 fully saturated rings. The fourth-order valence-electron chi connectivity index (χ4n) is 2.84. The van der Waals surface area contributed by atoms with Gasteiger partial charge in [0.25, 0.3) is 0 Å². The number of ketones is 1. The molecule has 1 heterocycles. The monoisotopic (exact) mass is 165 g/mol. The molecule has 1 aliphatic heterocycles. The van der Waals surface area contributed by atoms with Crippen LogP contribution < -0.4 is 0 Å². The summed E-state index contributed by atoms with van der Waals surface area (Å²) in [6.07, 6.45) is 4.30. The molecule has 66 valence electrons. The van der Waals surface area contributed by atoms with Gasteiger partial charge < -0.3 is 0 Å². The number of Topliss-reactive ketones (excluding diaryl/α,β-unsaturated/α-hetero) is 1. The first kappa shape index (κ1) is 7.07. The molecule has 3 atom stereocenters. The topological polar surface area (TPSA) is 20.3 Å². The van der Waals surface area contributed by atoms with Crippen LogP contribution in [0.3, 0.4) is 0 Å².